The van der Waals surface area contributed by atoms with Crippen molar-refractivity contribution in [1.29, 1.82) is 5.41 Å². The summed E-state index contributed by atoms with van der Waals surface area (Å²) in [6.07, 6.45) is 0.392. The molecule has 7 nitrogen and oxygen atoms in total. The van der Waals surface area contributed by atoms with Crippen LogP contribution in [0.4, 0.5) is 21.9 Å². The Morgan fingerprint density at radius 1 is 1.03 bits per heavy atom. The molecular weight excluding hydrogens is 438 g/mol. The van der Waals surface area contributed by atoms with E-state index in [1.165, 1.54) is 0 Å². The third kappa shape index (κ3) is 4.83. The standard InChI is InChI=1S/C25H24ClN5O2/c1-30(2)23(27)16-7-13-20(14-8-16)31-22-6-4-3-5-17(22)15-21(24(31)32)29-25(33)28-19-11-9-18(26)10-12-19/h3-14,21,27H,15H2,1-2H3,(H2,28,29,33). The Balaban J connectivity index is 1.58. The molecule has 0 radical (unpaired) electrons. The first-order chi connectivity index (χ1) is 15.8. The minimum absolute atomic E-state index is 0.226. The monoisotopic (exact) mass is 461 g/mol. The van der Waals surface area contributed by atoms with Crippen LogP contribution in [0.15, 0.2) is 72.8 Å². The molecule has 3 aromatic rings. The molecule has 1 aliphatic heterocycles. The maximum absolute atomic E-state index is 13.5. The van der Waals surface area contributed by atoms with Crippen molar-refractivity contribution in [2.75, 3.05) is 24.3 Å². The molecule has 0 bridgehead atoms. The summed E-state index contributed by atoms with van der Waals surface area (Å²) in [5.41, 5.74) is 3.75. The smallest absolute Gasteiger partial charge is 0.319 e. The van der Waals surface area contributed by atoms with Crippen LogP contribution in [0.2, 0.25) is 5.02 Å². The van der Waals surface area contributed by atoms with E-state index < -0.39 is 12.1 Å². The van der Waals surface area contributed by atoms with E-state index in [2.05, 4.69) is 10.6 Å². The van der Waals surface area contributed by atoms with Crippen LogP contribution in [-0.4, -0.2) is 42.8 Å². The molecule has 8 heteroatoms. The molecule has 33 heavy (non-hydrogen) atoms. The molecule has 4 rings (SSSR count). The van der Waals surface area contributed by atoms with Gasteiger partial charge in [0, 0.05) is 42.5 Å². The Morgan fingerprint density at radius 2 is 1.70 bits per heavy atom. The predicted molar refractivity (Wildman–Crippen MR) is 132 cm³/mol. The zero-order valence-corrected chi connectivity index (χ0v) is 19.1. The van der Waals surface area contributed by atoms with Crippen molar-refractivity contribution in [3.63, 3.8) is 0 Å². The summed E-state index contributed by atoms with van der Waals surface area (Å²) in [4.78, 5) is 29.4. The lowest BCUT2D eigenvalue weighted by molar-refractivity contribution is -0.119. The molecule has 0 aliphatic carbocycles. The second-order valence-corrected chi connectivity index (χ2v) is 8.39. The lowest BCUT2D eigenvalue weighted by atomic mass is 9.96. The van der Waals surface area contributed by atoms with E-state index in [4.69, 9.17) is 17.0 Å². The number of hydrogen-bond acceptors (Lipinski definition) is 3. The largest absolute Gasteiger partial charge is 0.363 e. The maximum Gasteiger partial charge on any atom is 0.319 e. The highest BCUT2D eigenvalue weighted by Crippen LogP contribution is 2.34. The van der Waals surface area contributed by atoms with Gasteiger partial charge >= 0.3 is 6.03 Å². The van der Waals surface area contributed by atoms with Gasteiger partial charge in [-0.2, -0.15) is 0 Å². The number of halogens is 1. The summed E-state index contributed by atoms with van der Waals surface area (Å²) in [5.74, 6) is 0.153. The van der Waals surface area contributed by atoms with Gasteiger partial charge in [-0.3, -0.25) is 15.1 Å². The van der Waals surface area contributed by atoms with E-state index in [9.17, 15) is 9.59 Å². The molecule has 0 aromatic heterocycles. The van der Waals surface area contributed by atoms with Gasteiger partial charge in [0.05, 0.1) is 5.69 Å². The third-order valence-corrected chi connectivity index (χ3v) is 5.68. The molecule has 0 spiro atoms. The highest BCUT2D eigenvalue weighted by atomic mass is 35.5. The number of anilines is 3. The van der Waals surface area contributed by atoms with Crippen LogP contribution in [0.1, 0.15) is 11.1 Å². The lowest BCUT2D eigenvalue weighted by Gasteiger charge is -2.34. The van der Waals surface area contributed by atoms with Gasteiger partial charge in [0.25, 0.3) is 5.91 Å². The quantitative estimate of drug-likeness (QED) is 0.390. The van der Waals surface area contributed by atoms with Gasteiger partial charge in [0.15, 0.2) is 0 Å². The van der Waals surface area contributed by atoms with Gasteiger partial charge in [-0.1, -0.05) is 29.8 Å². The van der Waals surface area contributed by atoms with Gasteiger partial charge in [-0.25, -0.2) is 4.79 Å². The number of nitrogens with zero attached hydrogens (tertiary/aromatic N) is 2. The van der Waals surface area contributed by atoms with Crippen LogP contribution in [0.3, 0.4) is 0 Å². The second-order valence-electron chi connectivity index (χ2n) is 7.95. The lowest BCUT2D eigenvalue weighted by Crippen LogP contribution is -2.52. The first kappa shape index (κ1) is 22.4. The third-order valence-electron chi connectivity index (χ3n) is 5.43. The van der Waals surface area contributed by atoms with Crippen molar-refractivity contribution in [3.05, 3.63) is 88.9 Å². The maximum atomic E-state index is 13.5. The van der Waals surface area contributed by atoms with Crippen LogP contribution in [-0.2, 0) is 11.2 Å². The van der Waals surface area contributed by atoms with Crippen LogP contribution < -0.4 is 15.5 Å². The first-order valence-electron chi connectivity index (χ1n) is 10.4. The molecular formula is C25H24ClN5O2. The number of hydrogen-bond donors (Lipinski definition) is 3. The van der Waals surface area contributed by atoms with Crippen molar-refractivity contribution in [3.8, 4) is 0 Å². The highest BCUT2D eigenvalue weighted by molar-refractivity contribution is 6.30. The number of amidine groups is 1. The molecule has 3 aromatic carbocycles. The van der Waals surface area contributed by atoms with Crippen LogP contribution in [0.5, 0.6) is 0 Å². The van der Waals surface area contributed by atoms with E-state index in [1.807, 2.05) is 62.6 Å². The molecule has 168 valence electrons. The topological polar surface area (TPSA) is 88.5 Å². The number of nitrogens with one attached hydrogen (secondary N) is 3. The second kappa shape index (κ2) is 9.34. The SMILES string of the molecule is CN(C)C(=N)c1ccc(N2C(=O)C(NC(=O)Nc3ccc(Cl)cc3)Cc3ccccc32)cc1. The summed E-state index contributed by atoms with van der Waals surface area (Å²) >= 11 is 5.89. The Kier molecular flexibility index (Phi) is 6.33. The van der Waals surface area contributed by atoms with Crippen LogP contribution in [0, 0.1) is 5.41 Å². The van der Waals surface area contributed by atoms with Gasteiger partial charge in [0.2, 0.25) is 0 Å². The predicted octanol–water partition coefficient (Wildman–Crippen LogP) is 4.64. The summed E-state index contributed by atoms with van der Waals surface area (Å²) in [5, 5.41) is 14.3. The van der Waals surface area contributed by atoms with Crippen LogP contribution in [0.25, 0.3) is 0 Å². The van der Waals surface area contributed by atoms with Gasteiger partial charge < -0.3 is 15.5 Å². The number of para-hydroxylation sites is 1. The van der Waals surface area contributed by atoms with Crippen LogP contribution >= 0.6 is 11.6 Å². The number of urea groups is 1. The Morgan fingerprint density at radius 3 is 2.36 bits per heavy atom. The van der Waals surface area contributed by atoms with Gasteiger partial charge in [-0.05, 0) is 60.2 Å². The van der Waals surface area contributed by atoms with Crippen molar-refractivity contribution in [2.24, 2.45) is 0 Å². The van der Waals surface area contributed by atoms with E-state index in [1.54, 1.807) is 34.1 Å². The Bertz CT molecular complexity index is 1190. The highest BCUT2D eigenvalue weighted by Gasteiger charge is 2.34. The molecule has 1 aliphatic rings. The summed E-state index contributed by atoms with van der Waals surface area (Å²) < 4.78 is 0. The zero-order valence-electron chi connectivity index (χ0n) is 18.3. The van der Waals surface area contributed by atoms with Gasteiger partial charge in [0.1, 0.15) is 11.9 Å². The number of fused-ring (bicyclic) bond motifs is 1. The van der Waals surface area contributed by atoms with E-state index in [0.717, 1.165) is 16.8 Å². The molecule has 3 N–H and O–H groups in total. The van der Waals surface area contributed by atoms with E-state index in [0.29, 0.717) is 28.7 Å². The average molecular weight is 462 g/mol. The Labute approximate surface area is 197 Å². The average Bonchev–Trinajstić information content (AvgIpc) is 2.81. The number of benzene rings is 3. The minimum atomic E-state index is -0.730. The van der Waals surface area contributed by atoms with Crippen molar-refractivity contribution in [2.45, 2.75) is 12.5 Å². The number of amides is 3. The van der Waals surface area contributed by atoms with E-state index >= 15 is 0 Å². The number of carbonyl (C=O) groups is 2. The fourth-order valence-electron chi connectivity index (χ4n) is 3.75. The molecule has 1 unspecified atom stereocenters. The van der Waals surface area contributed by atoms with Crippen molar-refractivity contribution >= 4 is 46.4 Å². The van der Waals surface area contributed by atoms with Gasteiger partial charge in [-0.15, -0.1) is 0 Å². The molecule has 0 fully saturated rings. The fourth-order valence-corrected chi connectivity index (χ4v) is 3.87. The van der Waals surface area contributed by atoms with E-state index in [-0.39, 0.29) is 5.91 Å². The molecule has 1 heterocycles. The van der Waals surface area contributed by atoms with Crippen molar-refractivity contribution in [1.82, 2.24) is 10.2 Å². The first-order valence-corrected chi connectivity index (χ1v) is 10.8. The molecule has 0 saturated carbocycles. The summed E-state index contributed by atoms with van der Waals surface area (Å²) in [6.45, 7) is 0. The fraction of sp³-hybridized carbons (Fsp3) is 0.160. The number of carbonyl (C=O) groups excluding carboxylic acids is 2. The molecule has 0 saturated heterocycles. The minimum Gasteiger partial charge on any atom is -0.363 e. The van der Waals surface area contributed by atoms with Crippen molar-refractivity contribution < 1.29 is 9.59 Å². The normalized spacial score (nSPS) is 14.9. The zero-order chi connectivity index (χ0) is 23.5. The summed E-state index contributed by atoms with van der Waals surface area (Å²) in [6, 6.07) is 20.5. The summed E-state index contributed by atoms with van der Waals surface area (Å²) in [7, 11) is 3.62. The molecule has 1 atom stereocenters. The number of rotatable bonds is 4. The Hall–Kier alpha value is -3.84. The molecule has 3 amide bonds.